The van der Waals surface area contributed by atoms with E-state index in [4.69, 9.17) is 16.7 Å². The van der Waals surface area contributed by atoms with Gasteiger partial charge in [-0.25, -0.2) is 4.39 Å². The van der Waals surface area contributed by atoms with Crippen molar-refractivity contribution in [3.63, 3.8) is 0 Å². The molecule has 2 aromatic rings. The predicted octanol–water partition coefficient (Wildman–Crippen LogP) is 1.72. The van der Waals surface area contributed by atoms with Gasteiger partial charge in [0.15, 0.2) is 0 Å². The van der Waals surface area contributed by atoms with Crippen molar-refractivity contribution in [1.82, 2.24) is 19.6 Å². The van der Waals surface area contributed by atoms with Crippen molar-refractivity contribution in [2.45, 2.75) is 13.1 Å². The van der Waals surface area contributed by atoms with Crippen molar-refractivity contribution < 1.29 is 19.1 Å². The van der Waals surface area contributed by atoms with Gasteiger partial charge in [0, 0.05) is 43.9 Å². The average Bonchev–Trinajstić information content (AvgIpc) is 3.05. The van der Waals surface area contributed by atoms with Crippen LogP contribution in [0.3, 0.4) is 0 Å². The van der Waals surface area contributed by atoms with Crippen LogP contribution in [0.1, 0.15) is 16.1 Å². The number of piperazine rings is 1. The monoisotopic (exact) mass is 380 g/mol. The number of benzene rings is 1. The van der Waals surface area contributed by atoms with Gasteiger partial charge in [0.05, 0.1) is 0 Å². The first kappa shape index (κ1) is 18.3. The zero-order valence-corrected chi connectivity index (χ0v) is 14.7. The topological polar surface area (TPSA) is 78.7 Å². The average molecular weight is 381 g/mol. The molecule has 0 atom stereocenters. The van der Waals surface area contributed by atoms with Crippen LogP contribution in [-0.4, -0.2) is 62.7 Å². The third-order valence-electron chi connectivity index (χ3n) is 4.23. The minimum atomic E-state index is -1.01. The SMILES string of the molecule is O=C(O)Cn1ccc(C(=O)N2CCN(Cc3ccc(F)cc3Cl)CC2)n1. The predicted molar refractivity (Wildman–Crippen MR) is 92.5 cm³/mol. The van der Waals surface area contributed by atoms with Crippen LogP contribution in [-0.2, 0) is 17.9 Å². The van der Waals surface area contributed by atoms with Gasteiger partial charge in [-0.2, -0.15) is 5.10 Å². The van der Waals surface area contributed by atoms with Crippen molar-refractivity contribution in [3.05, 3.63) is 52.6 Å². The molecule has 0 unspecified atom stereocenters. The highest BCUT2D eigenvalue weighted by molar-refractivity contribution is 6.31. The van der Waals surface area contributed by atoms with Gasteiger partial charge in [-0.05, 0) is 23.8 Å². The van der Waals surface area contributed by atoms with Crippen molar-refractivity contribution in [2.24, 2.45) is 0 Å². The van der Waals surface area contributed by atoms with E-state index in [0.717, 1.165) is 5.56 Å². The van der Waals surface area contributed by atoms with Gasteiger partial charge < -0.3 is 10.0 Å². The number of hydrogen-bond acceptors (Lipinski definition) is 4. The first-order valence-electron chi connectivity index (χ1n) is 8.13. The highest BCUT2D eigenvalue weighted by Gasteiger charge is 2.24. The molecule has 0 spiro atoms. The van der Waals surface area contributed by atoms with Crippen LogP contribution in [0.25, 0.3) is 0 Å². The number of hydrogen-bond donors (Lipinski definition) is 1. The Labute approximate surface area is 154 Å². The number of aromatic nitrogens is 2. The van der Waals surface area contributed by atoms with Gasteiger partial charge in [-0.15, -0.1) is 0 Å². The highest BCUT2D eigenvalue weighted by atomic mass is 35.5. The molecule has 0 aliphatic carbocycles. The summed E-state index contributed by atoms with van der Waals surface area (Å²) in [6.45, 7) is 2.70. The Morgan fingerprint density at radius 3 is 2.58 bits per heavy atom. The molecule has 1 aromatic carbocycles. The van der Waals surface area contributed by atoms with E-state index in [9.17, 15) is 14.0 Å². The van der Waals surface area contributed by atoms with Crippen LogP contribution in [0.4, 0.5) is 4.39 Å². The molecule has 1 amide bonds. The molecular weight excluding hydrogens is 363 g/mol. The minimum Gasteiger partial charge on any atom is -0.480 e. The summed E-state index contributed by atoms with van der Waals surface area (Å²) in [7, 11) is 0. The molecule has 3 rings (SSSR count). The fourth-order valence-corrected chi connectivity index (χ4v) is 3.09. The molecule has 9 heteroatoms. The van der Waals surface area contributed by atoms with Gasteiger partial charge in [-0.3, -0.25) is 19.2 Å². The lowest BCUT2D eigenvalue weighted by atomic mass is 10.2. The minimum absolute atomic E-state index is 0.214. The summed E-state index contributed by atoms with van der Waals surface area (Å²) in [5.41, 5.74) is 1.08. The van der Waals surface area contributed by atoms with Gasteiger partial charge in [-0.1, -0.05) is 17.7 Å². The van der Waals surface area contributed by atoms with Crippen LogP contribution in [0.5, 0.6) is 0 Å². The van der Waals surface area contributed by atoms with Crippen LogP contribution in [0.2, 0.25) is 5.02 Å². The Morgan fingerprint density at radius 1 is 1.19 bits per heavy atom. The number of aliphatic carboxylic acids is 1. The fraction of sp³-hybridized carbons (Fsp3) is 0.353. The maximum Gasteiger partial charge on any atom is 0.325 e. The maximum atomic E-state index is 13.1. The highest BCUT2D eigenvalue weighted by Crippen LogP contribution is 2.20. The molecule has 2 heterocycles. The molecule has 1 aliphatic rings. The smallest absolute Gasteiger partial charge is 0.325 e. The fourth-order valence-electron chi connectivity index (χ4n) is 2.86. The molecular formula is C17H18ClFN4O3. The van der Waals surface area contributed by atoms with Crippen molar-refractivity contribution in [2.75, 3.05) is 26.2 Å². The van der Waals surface area contributed by atoms with Crippen LogP contribution in [0, 0.1) is 5.82 Å². The van der Waals surface area contributed by atoms with Gasteiger partial charge in [0.1, 0.15) is 18.1 Å². The first-order valence-corrected chi connectivity index (χ1v) is 8.51. The van der Waals surface area contributed by atoms with E-state index < -0.39 is 5.97 Å². The number of amides is 1. The summed E-state index contributed by atoms with van der Waals surface area (Å²) < 4.78 is 14.3. The van der Waals surface area contributed by atoms with Gasteiger partial charge >= 0.3 is 5.97 Å². The van der Waals surface area contributed by atoms with E-state index in [-0.39, 0.29) is 24.0 Å². The standard InChI is InChI=1S/C17H18ClFN4O3/c18-14-9-13(19)2-1-12(14)10-21-5-7-22(8-6-21)17(26)15-3-4-23(20-15)11-16(24)25/h1-4,9H,5-8,10-11H2,(H,24,25). The molecule has 1 aromatic heterocycles. The summed E-state index contributed by atoms with van der Waals surface area (Å²) >= 11 is 6.06. The molecule has 0 radical (unpaired) electrons. The lowest BCUT2D eigenvalue weighted by Gasteiger charge is -2.34. The van der Waals surface area contributed by atoms with E-state index in [2.05, 4.69) is 10.00 Å². The molecule has 0 bridgehead atoms. The van der Waals surface area contributed by atoms with Crippen molar-refractivity contribution in [3.8, 4) is 0 Å². The number of rotatable bonds is 5. The number of halogens is 2. The number of carbonyl (C=O) groups excluding carboxylic acids is 1. The second-order valence-electron chi connectivity index (χ2n) is 6.10. The van der Waals surface area contributed by atoms with E-state index in [1.807, 2.05) is 0 Å². The van der Waals surface area contributed by atoms with Gasteiger partial charge in [0.25, 0.3) is 5.91 Å². The van der Waals surface area contributed by atoms with E-state index in [1.54, 1.807) is 11.0 Å². The Kier molecular flexibility index (Phi) is 5.53. The summed E-state index contributed by atoms with van der Waals surface area (Å²) in [5, 5.41) is 13.2. The maximum absolute atomic E-state index is 13.1. The zero-order valence-electron chi connectivity index (χ0n) is 13.9. The quantitative estimate of drug-likeness (QED) is 0.854. The molecule has 1 saturated heterocycles. The van der Waals surface area contributed by atoms with Gasteiger partial charge in [0.2, 0.25) is 0 Å². The Hall–Kier alpha value is -2.45. The van der Waals surface area contributed by atoms with Crippen LogP contribution in [0.15, 0.2) is 30.5 Å². The summed E-state index contributed by atoms with van der Waals surface area (Å²) in [6.07, 6.45) is 1.48. The number of carbonyl (C=O) groups is 2. The molecule has 0 saturated carbocycles. The van der Waals surface area contributed by atoms with E-state index >= 15 is 0 Å². The molecule has 138 valence electrons. The van der Waals surface area contributed by atoms with Crippen molar-refractivity contribution in [1.29, 1.82) is 0 Å². The van der Waals surface area contributed by atoms with Crippen LogP contribution >= 0.6 is 11.6 Å². The Balaban J connectivity index is 1.55. The molecule has 1 aliphatic heterocycles. The normalized spacial score (nSPS) is 15.2. The number of carboxylic acid groups (broad SMARTS) is 1. The summed E-state index contributed by atoms with van der Waals surface area (Å²) in [6, 6.07) is 5.87. The largest absolute Gasteiger partial charge is 0.480 e. The molecule has 1 fully saturated rings. The summed E-state index contributed by atoms with van der Waals surface area (Å²) in [4.78, 5) is 27.0. The molecule has 26 heavy (non-hydrogen) atoms. The Bertz CT molecular complexity index is 818. The van der Waals surface area contributed by atoms with Crippen LogP contribution < -0.4 is 0 Å². The zero-order chi connectivity index (χ0) is 18.7. The lowest BCUT2D eigenvalue weighted by molar-refractivity contribution is -0.137. The second-order valence-corrected chi connectivity index (χ2v) is 6.50. The lowest BCUT2D eigenvalue weighted by Crippen LogP contribution is -2.48. The number of nitrogens with zero attached hydrogens (tertiary/aromatic N) is 4. The first-order chi connectivity index (χ1) is 12.4. The van der Waals surface area contributed by atoms with E-state index in [1.165, 1.54) is 29.1 Å². The second kappa shape index (κ2) is 7.84. The molecule has 1 N–H and O–H groups in total. The summed E-state index contributed by atoms with van der Waals surface area (Å²) in [5.74, 6) is -1.59. The molecule has 7 nitrogen and oxygen atoms in total. The third kappa shape index (κ3) is 4.39. The van der Waals surface area contributed by atoms with E-state index in [0.29, 0.717) is 37.7 Å². The number of carboxylic acids is 1. The third-order valence-corrected chi connectivity index (χ3v) is 4.58. The Morgan fingerprint density at radius 2 is 1.92 bits per heavy atom. The van der Waals surface area contributed by atoms with Crippen molar-refractivity contribution >= 4 is 23.5 Å².